The monoisotopic (exact) mass is 442 g/mol. The Kier molecular flexibility index (Phi) is 6.47. The van der Waals surface area contributed by atoms with E-state index in [0.29, 0.717) is 17.8 Å². The van der Waals surface area contributed by atoms with Gasteiger partial charge in [0, 0.05) is 31.5 Å². The largest absolute Gasteiger partial charge is 0.365 e. The Hall–Kier alpha value is -3.63. The summed E-state index contributed by atoms with van der Waals surface area (Å²) in [6.45, 7) is 6.85. The van der Waals surface area contributed by atoms with Crippen LogP contribution in [-0.4, -0.2) is 33.7 Å². The highest BCUT2D eigenvalue weighted by molar-refractivity contribution is 5.98. The fraction of sp³-hybridized carbons (Fsp3) is 0.346. The van der Waals surface area contributed by atoms with Gasteiger partial charge in [0.25, 0.3) is 5.91 Å². The third-order valence-corrected chi connectivity index (χ3v) is 6.67. The molecule has 170 valence electrons. The van der Waals surface area contributed by atoms with Crippen LogP contribution >= 0.6 is 0 Å². The molecule has 7 heteroatoms. The van der Waals surface area contributed by atoms with Crippen molar-refractivity contribution in [1.29, 1.82) is 5.26 Å². The molecular formula is C26H30N6O. The Morgan fingerprint density at radius 3 is 2.52 bits per heavy atom. The molecule has 0 aliphatic carbocycles. The van der Waals surface area contributed by atoms with E-state index in [1.165, 1.54) is 16.7 Å². The average molecular weight is 443 g/mol. The number of nitrogens with one attached hydrogen (secondary N) is 1. The maximum Gasteiger partial charge on any atom is 0.254 e. The number of hydrogen-bond acceptors (Lipinski definition) is 5. The molecule has 0 radical (unpaired) electrons. The third-order valence-electron chi connectivity index (χ3n) is 6.67. The number of amides is 1. The molecule has 1 fully saturated rings. The number of carbonyl (C=O) groups is 1. The van der Waals surface area contributed by atoms with Crippen LogP contribution in [0.4, 0.5) is 11.5 Å². The molecule has 33 heavy (non-hydrogen) atoms. The molecule has 0 atom stereocenters. The van der Waals surface area contributed by atoms with Crippen LogP contribution in [0.5, 0.6) is 0 Å². The number of benzene rings is 2. The maximum atomic E-state index is 12.1. The van der Waals surface area contributed by atoms with Crippen molar-refractivity contribution < 1.29 is 4.79 Å². The zero-order valence-electron chi connectivity index (χ0n) is 19.2. The van der Waals surface area contributed by atoms with Gasteiger partial charge in [0.1, 0.15) is 5.56 Å². The van der Waals surface area contributed by atoms with Crippen molar-refractivity contribution in [2.45, 2.75) is 45.2 Å². The molecule has 0 bridgehead atoms. The highest BCUT2D eigenvalue weighted by atomic mass is 16.1. The van der Waals surface area contributed by atoms with Crippen LogP contribution in [0.3, 0.4) is 0 Å². The lowest BCUT2D eigenvalue weighted by molar-refractivity contribution is 0.0967. The maximum absolute atomic E-state index is 12.1. The van der Waals surface area contributed by atoms with Crippen molar-refractivity contribution in [3.8, 4) is 6.07 Å². The summed E-state index contributed by atoms with van der Waals surface area (Å²) in [7, 11) is 0. The number of aryl methyl sites for hydroxylation is 2. The Morgan fingerprint density at radius 2 is 1.88 bits per heavy atom. The average Bonchev–Trinajstić information content (AvgIpc) is 3.23. The number of para-hydroxylation sites is 1. The predicted octanol–water partition coefficient (Wildman–Crippen LogP) is 4.25. The number of likely N-dealkylation sites (tertiary alicyclic amines) is 1. The molecule has 7 nitrogen and oxygen atoms in total. The van der Waals surface area contributed by atoms with Gasteiger partial charge in [0.2, 0.25) is 0 Å². The molecule has 1 saturated heterocycles. The molecule has 1 aliphatic heterocycles. The molecule has 0 saturated carbocycles. The van der Waals surface area contributed by atoms with Gasteiger partial charge in [-0.25, -0.2) is 0 Å². The second kappa shape index (κ2) is 9.47. The molecule has 3 N–H and O–H groups in total. The summed E-state index contributed by atoms with van der Waals surface area (Å²) in [4.78, 5) is 14.6. The standard InChI is InChI=1S/C26H30N6O/c1-19-8-9-21(16-20(19)2)17-31-14-11-26(10-13-27,12-15-31)32-18-23(24(28)33)25(30-32)29-22-6-4-3-5-7-22/h3-9,16,18H,10-12,14-15,17H2,1-2H3,(H2,28,33)(H,29,30). The van der Waals surface area contributed by atoms with Crippen molar-refractivity contribution in [3.05, 3.63) is 77.0 Å². The topological polar surface area (TPSA) is 100.0 Å². The predicted molar refractivity (Wildman–Crippen MR) is 129 cm³/mol. The Balaban J connectivity index is 1.54. The van der Waals surface area contributed by atoms with Gasteiger partial charge in [0.05, 0.1) is 18.0 Å². The molecule has 4 rings (SSSR count). The molecule has 1 aromatic heterocycles. The molecule has 1 amide bonds. The molecule has 1 aliphatic rings. The molecule has 0 spiro atoms. The number of nitrogens with zero attached hydrogens (tertiary/aromatic N) is 4. The Labute approximate surface area is 194 Å². The van der Waals surface area contributed by atoms with Gasteiger partial charge in [-0.05, 0) is 55.5 Å². The summed E-state index contributed by atoms with van der Waals surface area (Å²) in [5.74, 6) is -0.123. The molecule has 3 aromatic rings. The fourth-order valence-electron chi connectivity index (χ4n) is 4.47. The van der Waals surface area contributed by atoms with Gasteiger partial charge in [-0.3, -0.25) is 14.4 Å². The third kappa shape index (κ3) is 4.91. The van der Waals surface area contributed by atoms with Gasteiger partial charge < -0.3 is 11.1 Å². The van der Waals surface area contributed by atoms with Crippen molar-refractivity contribution in [2.24, 2.45) is 5.73 Å². The minimum atomic E-state index is -0.543. The number of nitriles is 1. The second-order valence-corrected chi connectivity index (χ2v) is 8.95. The summed E-state index contributed by atoms with van der Waals surface area (Å²) in [6, 6.07) is 18.5. The van der Waals surface area contributed by atoms with E-state index >= 15 is 0 Å². The number of carbonyl (C=O) groups excluding carboxylic acids is 1. The number of hydrogen-bond donors (Lipinski definition) is 2. The van der Waals surface area contributed by atoms with Crippen molar-refractivity contribution in [1.82, 2.24) is 14.7 Å². The van der Waals surface area contributed by atoms with E-state index in [1.807, 2.05) is 30.3 Å². The van der Waals surface area contributed by atoms with Crippen LogP contribution in [0.25, 0.3) is 0 Å². The van der Waals surface area contributed by atoms with E-state index in [4.69, 9.17) is 10.8 Å². The zero-order valence-corrected chi connectivity index (χ0v) is 19.2. The van der Waals surface area contributed by atoms with Crippen LogP contribution in [0, 0.1) is 25.2 Å². The number of nitrogens with two attached hydrogens (primary N) is 1. The van der Waals surface area contributed by atoms with Gasteiger partial charge in [-0.2, -0.15) is 10.4 Å². The lowest BCUT2D eigenvalue weighted by Gasteiger charge is -2.40. The van der Waals surface area contributed by atoms with E-state index in [9.17, 15) is 10.1 Å². The Bertz CT molecular complexity index is 1170. The van der Waals surface area contributed by atoms with Crippen LogP contribution in [0.1, 0.15) is 46.3 Å². The number of piperidine rings is 1. The van der Waals surface area contributed by atoms with E-state index in [0.717, 1.165) is 38.2 Å². The second-order valence-electron chi connectivity index (χ2n) is 8.95. The smallest absolute Gasteiger partial charge is 0.254 e. The summed E-state index contributed by atoms with van der Waals surface area (Å²) in [5, 5.41) is 17.5. The van der Waals surface area contributed by atoms with Gasteiger partial charge in [-0.1, -0.05) is 36.4 Å². The van der Waals surface area contributed by atoms with Crippen molar-refractivity contribution in [2.75, 3.05) is 18.4 Å². The number of primary amides is 1. The summed E-state index contributed by atoms with van der Waals surface area (Å²) in [5.41, 5.74) is 10.2. The van der Waals surface area contributed by atoms with Gasteiger partial charge in [0.15, 0.2) is 5.82 Å². The van der Waals surface area contributed by atoms with E-state index in [2.05, 4.69) is 48.3 Å². The van der Waals surface area contributed by atoms with Gasteiger partial charge >= 0.3 is 0 Å². The zero-order chi connectivity index (χ0) is 23.4. The fourth-order valence-corrected chi connectivity index (χ4v) is 4.47. The van der Waals surface area contributed by atoms with Crippen LogP contribution in [-0.2, 0) is 12.1 Å². The van der Waals surface area contributed by atoms with E-state index in [1.54, 1.807) is 10.9 Å². The highest BCUT2D eigenvalue weighted by Crippen LogP contribution is 2.35. The normalized spacial score (nSPS) is 15.7. The first kappa shape index (κ1) is 22.6. The summed E-state index contributed by atoms with van der Waals surface area (Å²) >= 11 is 0. The first-order valence-electron chi connectivity index (χ1n) is 11.3. The SMILES string of the molecule is Cc1ccc(CN2CCC(CC#N)(n3cc(C(N)=O)c(Nc4ccccc4)n3)CC2)cc1C. The minimum Gasteiger partial charge on any atom is -0.365 e. The number of aromatic nitrogens is 2. The molecular weight excluding hydrogens is 412 g/mol. The molecule has 2 aromatic carbocycles. The highest BCUT2D eigenvalue weighted by Gasteiger charge is 2.38. The van der Waals surface area contributed by atoms with E-state index in [-0.39, 0.29) is 0 Å². The number of anilines is 2. The minimum absolute atomic E-state index is 0.328. The van der Waals surface area contributed by atoms with Crippen LogP contribution < -0.4 is 11.1 Å². The van der Waals surface area contributed by atoms with E-state index < -0.39 is 11.4 Å². The number of rotatable bonds is 7. The van der Waals surface area contributed by atoms with Crippen LogP contribution in [0.2, 0.25) is 0 Å². The van der Waals surface area contributed by atoms with Crippen molar-refractivity contribution >= 4 is 17.4 Å². The summed E-state index contributed by atoms with van der Waals surface area (Å²) < 4.78 is 1.80. The molecule has 0 unspecified atom stereocenters. The van der Waals surface area contributed by atoms with Crippen LogP contribution in [0.15, 0.2) is 54.7 Å². The lowest BCUT2D eigenvalue weighted by atomic mass is 9.84. The lowest BCUT2D eigenvalue weighted by Crippen LogP contribution is -2.46. The molecule has 2 heterocycles. The Morgan fingerprint density at radius 1 is 1.15 bits per heavy atom. The first-order valence-corrected chi connectivity index (χ1v) is 11.3. The van der Waals surface area contributed by atoms with Crippen molar-refractivity contribution in [3.63, 3.8) is 0 Å². The first-order chi connectivity index (χ1) is 15.9. The quantitative estimate of drug-likeness (QED) is 0.570. The van der Waals surface area contributed by atoms with Gasteiger partial charge in [-0.15, -0.1) is 0 Å². The summed E-state index contributed by atoms with van der Waals surface area (Å²) in [6.07, 6.45) is 3.57.